The van der Waals surface area contributed by atoms with Gasteiger partial charge in [0.15, 0.2) is 0 Å². The Morgan fingerprint density at radius 1 is 1.00 bits per heavy atom. The molecule has 1 unspecified atom stereocenters. The predicted octanol–water partition coefficient (Wildman–Crippen LogP) is 4.83. The summed E-state index contributed by atoms with van der Waals surface area (Å²) >= 11 is 0. The van der Waals surface area contributed by atoms with E-state index in [0.29, 0.717) is 5.82 Å². The van der Waals surface area contributed by atoms with Crippen LogP contribution < -0.4 is 5.73 Å². The quantitative estimate of drug-likeness (QED) is 0.722. The molecule has 0 radical (unpaired) electrons. The van der Waals surface area contributed by atoms with Crippen molar-refractivity contribution in [1.82, 2.24) is 10.2 Å². The second-order valence-electron chi connectivity index (χ2n) is 5.67. The zero-order valence-corrected chi connectivity index (χ0v) is 12.9. The molecule has 0 saturated heterocycles. The molecule has 1 atom stereocenters. The van der Waals surface area contributed by atoms with Crippen molar-refractivity contribution in [2.24, 2.45) is 0 Å². The van der Waals surface area contributed by atoms with Gasteiger partial charge in [-0.3, -0.25) is 5.10 Å². The smallest absolute Gasteiger partial charge is 0.382 e. The van der Waals surface area contributed by atoms with Gasteiger partial charge in [-0.05, 0) is 28.8 Å². The van der Waals surface area contributed by atoms with Crippen LogP contribution in [0.4, 0.5) is 19.0 Å². The van der Waals surface area contributed by atoms with E-state index in [9.17, 15) is 13.2 Å². The third-order valence-electron chi connectivity index (χ3n) is 4.02. The molecule has 3 nitrogen and oxygen atoms in total. The number of aromatic amines is 1. The van der Waals surface area contributed by atoms with Crippen LogP contribution in [-0.2, 0) is 6.18 Å². The van der Waals surface area contributed by atoms with E-state index in [1.54, 1.807) is 6.07 Å². The maximum absolute atomic E-state index is 12.7. The lowest BCUT2D eigenvalue weighted by molar-refractivity contribution is -0.137. The zero-order valence-electron chi connectivity index (χ0n) is 12.9. The molecule has 0 aliphatic rings. The molecular formula is C18H16F3N3. The number of rotatable bonds is 3. The molecule has 1 heterocycles. The number of nitrogens with two attached hydrogens (primary N) is 1. The van der Waals surface area contributed by atoms with Crippen LogP contribution in [0.1, 0.15) is 29.7 Å². The number of anilines is 1. The molecular weight excluding hydrogens is 315 g/mol. The fourth-order valence-corrected chi connectivity index (χ4v) is 2.59. The average Bonchev–Trinajstić information content (AvgIpc) is 3.00. The number of hydrogen-bond donors (Lipinski definition) is 2. The summed E-state index contributed by atoms with van der Waals surface area (Å²) in [5.41, 5.74) is 8.49. The Morgan fingerprint density at radius 3 is 2.29 bits per heavy atom. The molecule has 0 bridgehead atoms. The molecule has 0 saturated carbocycles. The zero-order chi connectivity index (χ0) is 17.3. The molecule has 0 aliphatic heterocycles. The first kappa shape index (κ1) is 16.1. The van der Waals surface area contributed by atoms with Crippen LogP contribution in [0.2, 0.25) is 0 Å². The lowest BCUT2D eigenvalue weighted by Gasteiger charge is -2.12. The molecule has 1 aromatic heterocycles. The van der Waals surface area contributed by atoms with Crippen molar-refractivity contribution in [3.8, 4) is 11.1 Å². The minimum atomic E-state index is -4.32. The van der Waals surface area contributed by atoms with Crippen LogP contribution in [0.15, 0.2) is 54.6 Å². The lowest BCUT2D eigenvalue weighted by atomic mass is 9.94. The third kappa shape index (κ3) is 3.27. The number of halogens is 3. The second kappa shape index (κ2) is 6.03. The largest absolute Gasteiger partial charge is 0.416 e. The van der Waals surface area contributed by atoms with Crippen LogP contribution in [0.3, 0.4) is 0 Å². The summed E-state index contributed by atoms with van der Waals surface area (Å²) < 4.78 is 38.0. The first-order valence-electron chi connectivity index (χ1n) is 7.43. The Hall–Kier alpha value is -2.76. The summed E-state index contributed by atoms with van der Waals surface area (Å²) in [7, 11) is 0. The Kier molecular flexibility index (Phi) is 4.05. The monoisotopic (exact) mass is 331 g/mol. The Labute approximate surface area is 137 Å². The first-order valence-corrected chi connectivity index (χ1v) is 7.43. The molecule has 0 fully saturated rings. The van der Waals surface area contributed by atoms with E-state index in [0.717, 1.165) is 34.5 Å². The number of aromatic nitrogens is 2. The summed E-state index contributed by atoms with van der Waals surface area (Å²) in [6.07, 6.45) is -4.32. The van der Waals surface area contributed by atoms with Crippen molar-refractivity contribution in [2.75, 3.05) is 5.73 Å². The fourth-order valence-electron chi connectivity index (χ4n) is 2.59. The van der Waals surface area contributed by atoms with Gasteiger partial charge < -0.3 is 5.73 Å². The second-order valence-corrected chi connectivity index (χ2v) is 5.67. The highest BCUT2D eigenvalue weighted by Crippen LogP contribution is 2.32. The van der Waals surface area contributed by atoms with E-state index in [4.69, 9.17) is 5.73 Å². The Bertz CT molecular complexity index is 835. The van der Waals surface area contributed by atoms with E-state index in [1.165, 1.54) is 12.1 Å². The molecule has 24 heavy (non-hydrogen) atoms. The summed E-state index contributed by atoms with van der Waals surface area (Å²) in [4.78, 5) is 0. The molecule has 3 N–H and O–H groups in total. The highest BCUT2D eigenvalue weighted by molar-refractivity contribution is 5.65. The minimum absolute atomic E-state index is 0.0456. The van der Waals surface area contributed by atoms with Crippen LogP contribution >= 0.6 is 0 Å². The van der Waals surface area contributed by atoms with Gasteiger partial charge >= 0.3 is 6.18 Å². The van der Waals surface area contributed by atoms with E-state index < -0.39 is 11.7 Å². The van der Waals surface area contributed by atoms with E-state index in [-0.39, 0.29) is 5.92 Å². The van der Waals surface area contributed by atoms with Crippen molar-refractivity contribution in [1.29, 1.82) is 0 Å². The van der Waals surface area contributed by atoms with E-state index in [1.807, 2.05) is 31.2 Å². The van der Waals surface area contributed by atoms with Gasteiger partial charge in [0.2, 0.25) is 0 Å². The first-order chi connectivity index (χ1) is 11.3. The molecule has 3 aromatic rings. The van der Waals surface area contributed by atoms with Crippen LogP contribution in [-0.4, -0.2) is 10.2 Å². The van der Waals surface area contributed by atoms with Crippen molar-refractivity contribution in [3.63, 3.8) is 0 Å². The van der Waals surface area contributed by atoms with Crippen LogP contribution in [0, 0.1) is 0 Å². The van der Waals surface area contributed by atoms with Crippen molar-refractivity contribution in [3.05, 3.63) is 71.4 Å². The van der Waals surface area contributed by atoms with Crippen molar-refractivity contribution in [2.45, 2.75) is 19.0 Å². The van der Waals surface area contributed by atoms with Crippen LogP contribution in [0.5, 0.6) is 0 Å². The van der Waals surface area contributed by atoms with Gasteiger partial charge in [0.05, 0.1) is 5.56 Å². The topological polar surface area (TPSA) is 54.7 Å². The SMILES string of the molecule is CC(c1cccc(-c2ccc(C(F)(F)F)cc2)c1)c1cc(N)n[nH]1. The van der Waals surface area contributed by atoms with Gasteiger partial charge in [-0.15, -0.1) is 0 Å². The van der Waals surface area contributed by atoms with Crippen molar-refractivity contribution >= 4 is 5.82 Å². The highest BCUT2D eigenvalue weighted by atomic mass is 19.4. The highest BCUT2D eigenvalue weighted by Gasteiger charge is 2.29. The number of benzene rings is 2. The summed E-state index contributed by atoms with van der Waals surface area (Å²) in [6, 6.07) is 14.6. The van der Waals surface area contributed by atoms with Gasteiger partial charge in [-0.25, -0.2) is 0 Å². The number of nitrogen functional groups attached to an aromatic ring is 1. The van der Waals surface area contributed by atoms with Gasteiger partial charge in [0.25, 0.3) is 0 Å². The number of H-pyrrole nitrogens is 1. The summed E-state index contributed by atoms with van der Waals surface area (Å²) in [6.45, 7) is 2.01. The fraction of sp³-hybridized carbons (Fsp3) is 0.167. The molecule has 2 aromatic carbocycles. The summed E-state index contributed by atoms with van der Waals surface area (Å²) in [5.74, 6) is 0.472. The van der Waals surface area contributed by atoms with Crippen molar-refractivity contribution < 1.29 is 13.2 Å². The van der Waals surface area contributed by atoms with Gasteiger partial charge in [0.1, 0.15) is 5.82 Å². The van der Waals surface area contributed by atoms with E-state index in [2.05, 4.69) is 10.2 Å². The molecule has 0 spiro atoms. The van der Waals surface area contributed by atoms with Gasteiger partial charge in [-0.2, -0.15) is 18.3 Å². The standard InChI is InChI=1S/C18H16F3N3/c1-11(16-10-17(22)24-23-16)13-3-2-4-14(9-13)12-5-7-15(8-6-12)18(19,20)21/h2-11H,1H3,(H3,22,23,24). The maximum Gasteiger partial charge on any atom is 0.416 e. The number of nitrogens with one attached hydrogen (secondary N) is 1. The van der Waals surface area contributed by atoms with Gasteiger partial charge in [-0.1, -0.05) is 43.3 Å². The Morgan fingerprint density at radius 2 is 1.71 bits per heavy atom. The lowest BCUT2D eigenvalue weighted by Crippen LogP contribution is -2.04. The predicted molar refractivity (Wildman–Crippen MR) is 87.4 cm³/mol. The number of hydrogen-bond acceptors (Lipinski definition) is 2. The average molecular weight is 331 g/mol. The van der Waals surface area contributed by atoms with Gasteiger partial charge in [0, 0.05) is 17.7 Å². The maximum atomic E-state index is 12.7. The number of alkyl halides is 3. The molecule has 3 rings (SSSR count). The summed E-state index contributed by atoms with van der Waals surface area (Å²) in [5, 5.41) is 6.81. The Balaban J connectivity index is 1.90. The number of nitrogens with zero attached hydrogens (tertiary/aromatic N) is 1. The molecule has 124 valence electrons. The molecule has 0 aliphatic carbocycles. The molecule has 0 amide bonds. The van der Waals surface area contributed by atoms with E-state index >= 15 is 0 Å². The third-order valence-corrected chi connectivity index (χ3v) is 4.02. The minimum Gasteiger partial charge on any atom is -0.382 e. The molecule has 6 heteroatoms. The van der Waals surface area contributed by atoms with Crippen LogP contribution in [0.25, 0.3) is 11.1 Å². The normalized spacial score (nSPS) is 13.0.